The van der Waals surface area contributed by atoms with Crippen molar-refractivity contribution in [2.24, 2.45) is 0 Å². The van der Waals surface area contributed by atoms with Crippen LogP contribution in [0.25, 0.3) is 0 Å². The van der Waals surface area contributed by atoms with Crippen molar-refractivity contribution < 1.29 is 9.84 Å². The maximum Gasteiger partial charge on any atom is 0.133 e. The number of methoxy groups -OCH3 is 1. The molecule has 2 rings (SSSR count). The van der Waals surface area contributed by atoms with E-state index in [9.17, 15) is 5.11 Å². The number of rotatable bonds is 5. The third-order valence-corrected chi connectivity index (χ3v) is 4.09. The van der Waals surface area contributed by atoms with Crippen LogP contribution in [0.3, 0.4) is 0 Å². The Balaban J connectivity index is 1.98. The Morgan fingerprint density at radius 3 is 2.67 bits per heavy atom. The predicted molar refractivity (Wildman–Crippen MR) is 78.4 cm³/mol. The third kappa shape index (κ3) is 3.57. The molecule has 0 radical (unpaired) electrons. The largest absolute Gasteiger partial charge is 0.496 e. The highest BCUT2D eigenvalue weighted by Crippen LogP contribution is 2.26. The number of halogens is 1. The lowest BCUT2D eigenvalue weighted by Gasteiger charge is -2.11. The number of ether oxygens (including phenoxy) is 1. The molecule has 0 aliphatic rings. The van der Waals surface area contributed by atoms with Crippen molar-refractivity contribution in [3.63, 3.8) is 0 Å². The van der Waals surface area contributed by atoms with Gasteiger partial charge in [-0.25, -0.2) is 0 Å². The Kier molecular flexibility index (Phi) is 4.80. The Labute approximate surface area is 119 Å². The van der Waals surface area contributed by atoms with Gasteiger partial charge in [0, 0.05) is 0 Å². The molecule has 96 valence electrons. The van der Waals surface area contributed by atoms with Crippen LogP contribution in [0.4, 0.5) is 0 Å². The van der Waals surface area contributed by atoms with Gasteiger partial charge in [-0.3, -0.25) is 0 Å². The summed E-state index contributed by atoms with van der Waals surface area (Å²) in [6.45, 7) is 0. The molecule has 1 N–H and O–H groups in total. The normalized spacial score (nSPS) is 12.4. The molecule has 1 atom stereocenters. The second-order valence-corrected chi connectivity index (χ2v) is 5.80. The topological polar surface area (TPSA) is 29.5 Å². The Morgan fingerprint density at radius 2 is 2.06 bits per heavy atom. The van der Waals surface area contributed by atoms with Crippen LogP contribution in [0.5, 0.6) is 5.75 Å². The maximum atomic E-state index is 10.0. The zero-order valence-electron chi connectivity index (χ0n) is 10.1. The van der Waals surface area contributed by atoms with Crippen LogP contribution < -0.4 is 4.74 Å². The standard InChI is InChI=1S/C14H15BrO2S/c1-17-14-3-2-10(8-13(14)15)6-12(16)7-11-4-5-18-9-11/h2-5,8-9,12,16H,6-7H2,1H3. The maximum absolute atomic E-state index is 10.0. The van der Waals surface area contributed by atoms with Gasteiger partial charge in [0.15, 0.2) is 0 Å². The first-order valence-electron chi connectivity index (χ1n) is 5.70. The molecule has 0 amide bonds. The second-order valence-electron chi connectivity index (χ2n) is 4.16. The van der Waals surface area contributed by atoms with E-state index in [0.29, 0.717) is 12.8 Å². The Morgan fingerprint density at radius 1 is 1.28 bits per heavy atom. The smallest absolute Gasteiger partial charge is 0.133 e. The van der Waals surface area contributed by atoms with Crippen LogP contribution in [-0.2, 0) is 12.8 Å². The van der Waals surface area contributed by atoms with E-state index in [2.05, 4.69) is 27.4 Å². The van der Waals surface area contributed by atoms with Crippen molar-refractivity contribution in [1.29, 1.82) is 0 Å². The fourth-order valence-electron chi connectivity index (χ4n) is 1.86. The van der Waals surface area contributed by atoms with Crippen LogP contribution in [0.1, 0.15) is 11.1 Å². The van der Waals surface area contributed by atoms with Crippen molar-refractivity contribution in [3.8, 4) is 5.75 Å². The average molecular weight is 327 g/mol. The first-order chi connectivity index (χ1) is 8.69. The Hall–Kier alpha value is -0.840. The molecule has 2 nitrogen and oxygen atoms in total. The van der Waals surface area contributed by atoms with Crippen molar-refractivity contribution in [1.82, 2.24) is 0 Å². The first kappa shape index (κ1) is 13.6. The van der Waals surface area contributed by atoms with Gasteiger partial charge in [0.05, 0.1) is 17.7 Å². The monoisotopic (exact) mass is 326 g/mol. The number of thiophene rings is 1. The van der Waals surface area contributed by atoms with E-state index in [1.54, 1.807) is 18.4 Å². The molecule has 1 aromatic carbocycles. The minimum atomic E-state index is -0.347. The van der Waals surface area contributed by atoms with Crippen molar-refractivity contribution in [2.45, 2.75) is 18.9 Å². The molecule has 0 saturated carbocycles. The predicted octanol–water partition coefficient (Wildman–Crippen LogP) is 3.67. The summed E-state index contributed by atoms with van der Waals surface area (Å²) in [4.78, 5) is 0. The molecule has 0 bridgehead atoms. The molecule has 0 fully saturated rings. The molecule has 0 spiro atoms. The van der Waals surface area contributed by atoms with Gasteiger partial charge in [-0.2, -0.15) is 11.3 Å². The third-order valence-electron chi connectivity index (χ3n) is 2.74. The van der Waals surface area contributed by atoms with Gasteiger partial charge in [0.25, 0.3) is 0 Å². The van der Waals surface area contributed by atoms with Crippen molar-refractivity contribution in [2.75, 3.05) is 7.11 Å². The minimum absolute atomic E-state index is 0.347. The summed E-state index contributed by atoms with van der Waals surface area (Å²) < 4.78 is 6.10. The van der Waals surface area contributed by atoms with Crippen LogP contribution in [0, 0.1) is 0 Å². The summed E-state index contributed by atoms with van der Waals surface area (Å²) in [5.74, 6) is 0.811. The SMILES string of the molecule is COc1ccc(CC(O)Cc2ccsc2)cc1Br. The lowest BCUT2D eigenvalue weighted by atomic mass is 10.0. The van der Waals surface area contributed by atoms with E-state index < -0.39 is 0 Å². The van der Waals surface area contributed by atoms with Crippen LogP contribution in [0.15, 0.2) is 39.5 Å². The summed E-state index contributed by atoms with van der Waals surface area (Å²) in [6, 6.07) is 7.95. The highest BCUT2D eigenvalue weighted by molar-refractivity contribution is 9.10. The molecule has 1 aromatic heterocycles. The summed E-state index contributed by atoms with van der Waals surface area (Å²) >= 11 is 5.11. The van der Waals surface area contributed by atoms with E-state index in [0.717, 1.165) is 15.8 Å². The fourth-order valence-corrected chi connectivity index (χ4v) is 3.13. The average Bonchev–Trinajstić information content (AvgIpc) is 2.82. The van der Waals surface area contributed by atoms with E-state index in [-0.39, 0.29) is 6.10 Å². The summed E-state index contributed by atoms with van der Waals surface area (Å²) in [6.07, 6.45) is 1.01. The summed E-state index contributed by atoms with van der Waals surface area (Å²) in [5.41, 5.74) is 2.30. The number of hydrogen-bond donors (Lipinski definition) is 1. The van der Waals surface area contributed by atoms with Crippen molar-refractivity contribution in [3.05, 3.63) is 50.6 Å². The van der Waals surface area contributed by atoms with Gasteiger partial charge in [-0.05, 0) is 68.9 Å². The molecular formula is C14H15BrO2S. The zero-order chi connectivity index (χ0) is 13.0. The van der Waals surface area contributed by atoms with Crippen LogP contribution >= 0.6 is 27.3 Å². The van der Waals surface area contributed by atoms with Crippen LogP contribution in [-0.4, -0.2) is 18.3 Å². The molecule has 2 aromatic rings. The molecular weight excluding hydrogens is 312 g/mol. The highest BCUT2D eigenvalue weighted by Gasteiger charge is 2.09. The molecule has 18 heavy (non-hydrogen) atoms. The lowest BCUT2D eigenvalue weighted by Crippen LogP contribution is -2.13. The van der Waals surface area contributed by atoms with Crippen molar-refractivity contribution >= 4 is 27.3 Å². The summed E-state index contributed by atoms with van der Waals surface area (Å²) in [5, 5.41) is 14.2. The van der Waals surface area contributed by atoms with Gasteiger partial charge >= 0.3 is 0 Å². The number of aliphatic hydroxyl groups excluding tert-OH is 1. The summed E-state index contributed by atoms with van der Waals surface area (Å²) in [7, 11) is 1.64. The van der Waals surface area contributed by atoms with Gasteiger partial charge in [0.1, 0.15) is 5.75 Å². The molecule has 0 aliphatic heterocycles. The van der Waals surface area contributed by atoms with E-state index in [4.69, 9.17) is 4.74 Å². The van der Waals surface area contributed by atoms with Crippen LogP contribution in [0.2, 0.25) is 0 Å². The lowest BCUT2D eigenvalue weighted by molar-refractivity contribution is 0.175. The molecule has 0 saturated heterocycles. The van der Waals surface area contributed by atoms with Gasteiger partial charge in [-0.1, -0.05) is 6.07 Å². The number of benzene rings is 1. The Bertz CT molecular complexity index is 497. The van der Waals surface area contributed by atoms with E-state index >= 15 is 0 Å². The molecule has 0 aliphatic carbocycles. The molecule has 4 heteroatoms. The number of hydrogen-bond acceptors (Lipinski definition) is 3. The quantitative estimate of drug-likeness (QED) is 0.908. The fraction of sp³-hybridized carbons (Fsp3) is 0.286. The molecule has 1 unspecified atom stereocenters. The van der Waals surface area contributed by atoms with E-state index in [1.807, 2.05) is 23.6 Å². The zero-order valence-corrected chi connectivity index (χ0v) is 12.5. The number of aliphatic hydroxyl groups is 1. The van der Waals surface area contributed by atoms with Gasteiger partial charge in [-0.15, -0.1) is 0 Å². The van der Waals surface area contributed by atoms with Gasteiger partial charge < -0.3 is 9.84 Å². The minimum Gasteiger partial charge on any atom is -0.496 e. The first-order valence-corrected chi connectivity index (χ1v) is 7.44. The molecule has 1 heterocycles. The second kappa shape index (κ2) is 6.36. The van der Waals surface area contributed by atoms with E-state index in [1.165, 1.54) is 5.56 Å². The van der Waals surface area contributed by atoms with Gasteiger partial charge in [0.2, 0.25) is 0 Å². The highest BCUT2D eigenvalue weighted by atomic mass is 79.9.